The number of benzene rings is 1. The van der Waals surface area contributed by atoms with Gasteiger partial charge in [-0.1, -0.05) is 18.6 Å². The van der Waals surface area contributed by atoms with Crippen LogP contribution in [-0.2, 0) is 0 Å². The van der Waals surface area contributed by atoms with E-state index in [2.05, 4.69) is 19.1 Å². The largest absolute Gasteiger partial charge is 0.494 e. The lowest BCUT2D eigenvalue weighted by molar-refractivity contribution is 0.256. The average molecular weight is 273 g/mol. The number of ether oxygens (including phenoxy) is 1. The quantitative estimate of drug-likeness (QED) is 0.852. The molecule has 2 nitrogen and oxygen atoms in total. The van der Waals surface area contributed by atoms with E-state index < -0.39 is 0 Å². The van der Waals surface area contributed by atoms with Crippen LogP contribution in [0.5, 0.6) is 5.75 Å². The molecule has 0 saturated heterocycles. The Morgan fingerprint density at radius 3 is 2.90 bits per heavy atom. The number of nitrogens with two attached hydrogens (primary N) is 1. The second-order valence-electron chi connectivity index (χ2n) is 6.88. The van der Waals surface area contributed by atoms with E-state index in [0.29, 0.717) is 6.04 Å². The van der Waals surface area contributed by atoms with Gasteiger partial charge in [-0.05, 0) is 74.5 Å². The molecule has 0 spiro atoms. The molecule has 0 aromatic heterocycles. The molecule has 4 unspecified atom stereocenters. The Morgan fingerprint density at radius 2 is 2.20 bits per heavy atom. The minimum Gasteiger partial charge on any atom is -0.494 e. The van der Waals surface area contributed by atoms with Gasteiger partial charge in [0.1, 0.15) is 5.75 Å². The Morgan fingerprint density at radius 1 is 1.30 bits per heavy atom. The molecule has 1 aromatic carbocycles. The molecule has 3 rings (SSSR count). The Labute approximate surface area is 122 Å². The lowest BCUT2D eigenvalue weighted by Gasteiger charge is -2.24. The summed E-state index contributed by atoms with van der Waals surface area (Å²) in [6.45, 7) is 2.83. The van der Waals surface area contributed by atoms with Crippen LogP contribution in [0.3, 0.4) is 0 Å². The molecule has 2 heteroatoms. The van der Waals surface area contributed by atoms with Crippen molar-refractivity contribution in [3.8, 4) is 5.75 Å². The van der Waals surface area contributed by atoms with Crippen molar-refractivity contribution in [2.75, 3.05) is 6.61 Å². The number of rotatable bonds is 6. The Kier molecular flexibility index (Phi) is 4.30. The molecule has 2 aliphatic rings. The highest BCUT2D eigenvalue weighted by Crippen LogP contribution is 2.49. The first kappa shape index (κ1) is 13.9. The normalized spacial score (nSPS) is 29.6. The summed E-state index contributed by atoms with van der Waals surface area (Å²) in [5, 5.41) is 0. The molecule has 0 aliphatic heterocycles. The van der Waals surface area contributed by atoms with E-state index in [0.717, 1.165) is 36.5 Å². The molecule has 2 fully saturated rings. The molecule has 0 radical (unpaired) electrons. The number of hydrogen-bond acceptors (Lipinski definition) is 2. The summed E-state index contributed by atoms with van der Waals surface area (Å²) in [6.07, 6.45) is 8.04. The molecule has 0 amide bonds. The smallest absolute Gasteiger partial charge is 0.119 e. The maximum absolute atomic E-state index is 6.30. The molecule has 4 atom stereocenters. The zero-order chi connectivity index (χ0) is 13.9. The fraction of sp³-hybridized carbons (Fsp3) is 0.667. The maximum atomic E-state index is 6.30. The minimum atomic E-state index is 0.309. The van der Waals surface area contributed by atoms with Gasteiger partial charge in [-0.3, -0.25) is 0 Å². The first-order valence-corrected chi connectivity index (χ1v) is 8.16. The van der Waals surface area contributed by atoms with E-state index >= 15 is 0 Å². The van der Waals surface area contributed by atoms with Crippen molar-refractivity contribution in [3.63, 3.8) is 0 Å². The van der Waals surface area contributed by atoms with Crippen molar-refractivity contribution in [1.82, 2.24) is 0 Å². The molecule has 0 heterocycles. The molecule has 2 N–H and O–H groups in total. The minimum absolute atomic E-state index is 0.309. The van der Waals surface area contributed by atoms with Crippen LogP contribution in [0.25, 0.3) is 0 Å². The zero-order valence-corrected chi connectivity index (χ0v) is 12.6. The number of fused-ring (bicyclic) bond motifs is 2. The fourth-order valence-corrected chi connectivity index (χ4v) is 4.21. The Bertz CT molecular complexity index is 445. The highest BCUT2D eigenvalue weighted by atomic mass is 16.5. The van der Waals surface area contributed by atoms with Crippen LogP contribution >= 0.6 is 0 Å². The molecule has 2 saturated carbocycles. The summed E-state index contributed by atoms with van der Waals surface area (Å²) in [4.78, 5) is 0. The molecular weight excluding hydrogens is 246 g/mol. The highest BCUT2D eigenvalue weighted by molar-refractivity contribution is 5.27. The second kappa shape index (κ2) is 6.17. The third-order valence-corrected chi connectivity index (χ3v) is 5.24. The van der Waals surface area contributed by atoms with Gasteiger partial charge in [0.2, 0.25) is 0 Å². The first-order chi connectivity index (χ1) is 9.70. The van der Waals surface area contributed by atoms with Crippen molar-refractivity contribution >= 4 is 0 Å². The van der Waals surface area contributed by atoms with Crippen molar-refractivity contribution < 1.29 is 4.74 Å². The summed E-state index contributed by atoms with van der Waals surface area (Å²) >= 11 is 0. The number of aryl methyl sites for hydroxylation is 1. The van der Waals surface area contributed by atoms with E-state index in [9.17, 15) is 0 Å². The lowest BCUT2D eigenvalue weighted by Crippen LogP contribution is -2.27. The lowest BCUT2D eigenvalue weighted by atomic mass is 9.84. The van der Waals surface area contributed by atoms with Crippen molar-refractivity contribution in [3.05, 3.63) is 29.8 Å². The molecule has 2 aliphatic carbocycles. The van der Waals surface area contributed by atoms with E-state index in [1.165, 1.54) is 37.7 Å². The summed E-state index contributed by atoms with van der Waals surface area (Å²) in [6, 6.07) is 8.55. The van der Waals surface area contributed by atoms with Crippen LogP contribution in [0.1, 0.15) is 44.1 Å². The van der Waals surface area contributed by atoms with Gasteiger partial charge in [0.15, 0.2) is 0 Å². The predicted octanol–water partition coefficient (Wildman–Crippen LogP) is 3.92. The van der Waals surface area contributed by atoms with Gasteiger partial charge in [0, 0.05) is 6.04 Å². The van der Waals surface area contributed by atoms with E-state index in [-0.39, 0.29) is 0 Å². The van der Waals surface area contributed by atoms with Crippen molar-refractivity contribution in [2.24, 2.45) is 23.5 Å². The van der Waals surface area contributed by atoms with Gasteiger partial charge in [0.05, 0.1) is 6.61 Å². The maximum Gasteiger partial charge on any atom is 0.119 e. The monoisotopic (exact) mass is 273 g/mol. The van der Waals surface area contributed by atoms with Crippen LogP contribution in [0.2, 0.25) is 0 Å². The Hall–Kier alpha value is -1.02. The molecule has 20 heavy (non-hydrogen) atoms. The highest BCUT2D eigenvalue weighted by Gasteiger charge is 2.39. The van der Waals surface area contributed by atoms with Gasteiger partial charge in [-0.25, -0.2) is 0 Å². The predicted molar refractivity (Wildman–Crippen MR) is 82.8 cm³/mol. The van der Waals surface area contributed by atoms with Crippen LogP contribution in [0.4, 0.5) is 0 Å². The zero-order valence-electron chi connectivity index (χ0n) is 12.6. The standard InChI is InChI=1S/C18H27NO/c1-13-3-2-4-18(9-13)20-8-7-17(19)12-16-11-14-5-6-15(16)10-14/h2-4,9,14-17H,5-8,10-12,19H2,1H3. The summed E-state index contributed by atoms with van der Waals surface area (Å²) < 4.78 is 5.80. The van der Waals surface area contributed by atoms with E-state index in [1.54, 1.807) is 0 Å². The van der Waals surface area contributed by atoms with Gasteiger partial charge < -0.3 is 10.5 Å². The third-order valence-electron chi connectivity index (χ3n) is 5.24. The van der Waals surface area contributed by atoms with Gasteiger partial charge in [0.25, 0.3) is 0 Å². The molecule has 2 bridgehead atoms. The summed E-state index contributed by atoms with van der Waals surface area (Å²) in [5.74, 6) is 3.89. The van der Waals surface area contributed by atoms with Crippen molar-refractivity contribution in [2.45, 2.75) is 51.5 Å². The third kappa shape index (κ3) is 3.35. The van der Waals surface area contributed by atoms with E-state index in [4.69, 9.17) is 10.5 Å². The van der Waals surface area contributed by atoms with Gasteiger partial charge in [-0.2, -0.15) is 0 Å². The van der Waals surface area contributed by atoms with Crippen LogP contribution in [0.15, 0.2) is 24.3 Å². The summed E-state index contributed by atoms with van der Waals surface area (Å²) in [7, 11) is 0. The average Bonchev–Trinajstić information content (AvgIpc) is 3.01. The van der Waals surface area contributed by atoms with E-state index in [1.807, 2.05) is 12.1 Å². The van der Waals surface area contributed by atoms with Gasteiger partial charge >= 0.3 is 0 Å². The molecule has 110 valence electrons. The SMILES string of the molecule is Cc1cccc(OCCC(N)CC2CC3CCC2C3)c1. The second-order valence-corrected chi connectivity index (χ2v) is 6.88. The van der Waals surface area contributed by atoms with Crippen LogP contribution in [0, 0.1) is 24.7 Å². The van der Waals surface area contributed by atoms with Crippen LogP contribution in [-0.4, -0.2) is 12.6 Å². The summed E-state index contributed by atoms with van der Waals surface area (Å²) in [5.41, 5.74) is 7.54. The van der Waals surface area contributed by atoms with Gasteiger partial charge in [-0.15, -0.1) is 0 Å². The van der Waals surface area contributed by atoms with Crippen molar-refractivity contribution in [1.29, 1.82) is 0 Å². The molecular formula is C18H27NO. The first-order valence-electron chi connectivity index (χ1n) is 8.16. The fourth-order valence-electron chi connectivity index (χ4n) is 4.21. The topological polar surface area (TPSA) is 35.2 Å². The molecule has 1 aromatic rings. The Balaban J connectivity index is 1.38. The van der Waals surface area contributed by atoms with Crippen LogP contribution < -0.4 is 10.5 Å². The number of hydrogen-bond donors (Lipinski definition) is 1.